The van der Waals surface area contributed by atoms with E-state index in [1.165, 1.54) is 6.07 Å². The van der Waals surface area contributed by atoms with E-state index >= 15 is 0 Å². The van der Waals surface area contributed by atoms with E-state index < -0.39 is 17.8 Å². The van der Waals surface area contributed by atoms with Gasteiger partial charge in [0.1, 0.15) is 11.9 Å². The van der Waals surface area contributed by atoms with Crippen LogP contribution in [0.25, 0.3) is 0 Å². The fourth-order valence-corrected chi connectivity index (χ4v) is 3.06. The third-order valence-corrected chi connectivity index (χ3v) is 4.42. The number of halogens is 4. The number of aliphatic imine (C=N–C) groups is 1. The molecular formula is C19H23F3IN5O. The van der Waals surface area contributed by atoms with Crippen molar-refractivity contribution in [2.24, 2.45) is 4.99 Å². The van der Waals surface area contributed by atoms with Crippen LogP contribution in [0.2, 0.25) is 0 Å². The first-order valence-corrected chi connectivity index (χ1v) is 8.89. The Balaban J connectivity index is 0.00000300. The molecule has 0 spiro atoms. The Kier molecular flexibility index (Phi) is 8.20. The predicted molar refractivity (Wildman–Crippen MR) is 114 cm³/mol. The lowest BCUT2D eigenvalue weighted by Gasteiger charge is -2.35. The van der Waals surface area contributed by atoms with E-state index in [0.717, 1.165) is 17.8 Å². The fraction of sp³-hybridized carbons (Fsp3) is 0.421. The fourth-order valence-electron chi connectivity index (χ4n) is 3.06. The third-order valence-electron chi connectivity index (χ3n) is 4.42. The lowest BCUT2D eigenvalue weighted by Crippen LogP contribution is -2.48. The molecule has 3 rings (SSSR count). The highest BCUT2D eigenvalue weighted by Crippen LogP contribution is 2.32. The van der Waals surface area contributed by atoms with Crippen molar-refractivity contribution in [2.75, 3.05) is 26.7 Å². The number of alkyl halides is 3. The SMILES string of the molecule is CN=C(NCc1ccnc(C)n1)N1CCOC(c2cccc(C(F)(F)F)c2)C1.I. The molecule has 0 amide bonds. The van der Waals surface area contributed by atoms with E-state index in [4.69, 9.17) is 4.74 Å². The van der Waals surface area contributed by atoms with Crippen molar-refractivity contribution < 1.29 is 17.9 Å². The zero-order valence-corrected chi connectivity index (χ0v) is 18.4. The van der Waals surface area contributed by atoms with Gasteiger partial charge in [-0.05, 0) is 30.7 Å². The minimum absolute atomic E-state index is 0. The van der Waals surface area contributed by atoms with Crippen LogP contribution in [0.15, 0.2) is 41.5 Å². The van der Waals surface area contributed by atoms with E-state index in [9.17, 15) is 13.2 Å². The summed E-state index contributed by atoms with van der Waals surface area (Å²) in [7, 11) is 1.67. The van der Waals surface area contributed by atoms with E-state index in [-0.39, 0.29) is 24.0 Å². The lowest BCUT2D eigenvalue weighted by molar-refractivity contribution is -0.137. The number of ether oxygens (including phenoxy) is 1. The van der Waals surface area contributed by atoms with Gasteiger partial charge in [-0.2, -0.15) is 13.2 Å². The van der Waals surface area contributed by atoms with Gasteiger partial charge >= 0.3 is 6.18 Å². The summed E-state index contributed by atoms with van der Waals surface area (Å²) in [5, 5.41) is 3.24. The highest BCUT2D eigenvalue weighted by molar-refractivity contribution is 14.0. The van der Waals surface area contributed by atoms with Gasteiger partial charge in [0.25, 0.3) is 0 Å². The van der Waals surface area contributed by atoms with Crippen molar-refractivity contribution >= 4 is 29.9 Å². The first-order valence-electron chi connectivity index (χ1n) is 8.89. The summed E-state index contributed by atoms with van der Waals surface area (Å²) in [6.07, 6.45) is -3.14. The van der Waals surface area contributed by atoms with Crippen LogP contribution in [0.1, 0.15) is 28.7 Å². The number of morpholine rings is 1. The van der Waals surface area contributed by atoms with Gasteiger partial charge in [-0.15, -0.1) is 24.0 Å². The molecule has 1 aromatic carbocycles. The first kappa shape index (κ1) is 23.3. The number of hydrogen-bond donors (Lipinski definition) is 1. The van der Waals surface area contributed by atoms with Gasteiger partial charge in [0.2, 0.25) is 0 Å². The standard InChI is InChI=1S/C19H22F3N5O.HI/c1-13-24-7-6-16(26-13)11-25-18(23-2)27-8-9-28-17(12-27)14-4-3-5-15(10-14)19(20,21)22;/h3-7,10,17H,8-9,11-12H2,1-2H3,(H,23,25);1H. The molecule has 0 radical (unpaired) electrons. The van der Waals surface area contributed by atoms with Gasteiger partial charge < -0.3 is 15.0 Å². The maximum absolute atomic E-state index is 13.0. The van der Waals surface area contributed by atoms with Crippen LogP contribution in [0.3, 0.4) is 0 Å². The summed E-state index contributed by atoms with van der Waals surface area (Å²) >= 11 is 0. The summed E-state index contributed by atoms with van der Waals surface area (Å²) in [6, 6.07) is 7.09. The zero-order valence-electron chi connectivity index (χ0n) is 16.1. The average Bonchev–Trinajstić information content (AvgIpc) is 2.68. The second kappa shape index (κ2) is 10.2. The van der Waals surface area contributed by atoms with Crippen molar-refractivity contribution in [2.45, 2.75) is 25.7 Å². The Morgan fingerprint density at radius 1 is 1.34 bits per heavy atom. The van der Waals surface area contributed by atoms with E-state index in [1.807, 2.05) is 17.9 Å². The molecule has 0 bridgehead atoms. The minimum atomic E-state index is -4.38. The molecular weight excluding hydrogens is 498 g/mol. The van der Waals surface area contributed by atoms with Crippen LogP contribution in [-0.2, 0) is 17.5 Å². The lowest BCUT2D eigenvalue weighted by atomic mass is 10.0. The second-order valence-electron chi connectivity index (χ2n) is 6.42. The highest BCUT2D eigenvalue weighted by atomic mass is 127. The molecule has 1 unspecified atom stereocenters. The summed E-state index contributed by atoms with van der Waals surface area (Å²) in [5.41, 5.74) is 0.658. The monoisotopic (exact) mass is 521 g/mol. The molecule has 158 valence electrons. The van der Waals surface area contributed by atoms with Crippen molar-refractivity contribution in [3.05, 3.63) is 59.2 Å². The van der Waals surface area contributed by atoms with Crippen molar-refractivity contribution in [3.63, 3.8) is 0 Å². The van der Waals surface area contributed by atoms with Crippen LogP contribution < -0.4 is 5.32 Å². The predicted octanol–water partition coefficient (Wildman–Crippen LogP) is 3.57. The Morgan fingerprint density at radius 2 is 2.14 bits per heavy atom. The highest BCUT2D eigenvalue weighted by Gasteiger charge is 2.32. The van der Waals surface area contributed by atoms with Gasteiger partial charge in [0, 0.05) is 19.8 Å². The summed E-state index contributed by atoms with van der Waals surface area (Å²) < 4.78 is 44.7. The number of guanidine groups is 1. The largest absolute Gasteiger partial charge is 0.416 e. The van der Waals surface area contributed by atoms with Crippen molar-refractivity contribution in [1.82, 2.24) is 20.2 Å². The van der Waals surface area contributed by atoms with Crippen molar-refractivity contribution in [3.8, 4) is 0 Å². The quantitative estimate of drug-likeness (QED) is 0.381. The topological polar surface area (TPSA) is 62.6 Å². The van der Waals surface area contributed by atoms with Crippen LogP contribution >= 0.6 is 24.0 Å². The Hall–Kier alpha value is -1.95. The maximum atomic E-state index is 13.0. The van der Waals surface area contributed by atoms with Gasteiger partial charge in [-0.3, -0.25) is 4.99 Å². The number of nitrogens with zero attached hydrogens (tertiary/aromatic N) is 4. The van der Waals surface area contributed by atoms with Crippen molar-refractivity contribution in [1.29, 1.82) is 0 Å². The first-order chi connectivity index (χ1) is 13.4. The van der Waals surface area contributed by atoms with Crippen LogP contribution in [0, 0.1) is 6.92 Å². The number of benzene rings is 1. The van der Waals surface area contributed by atoms with Crippen LogP contribution in [-0.4, -0.2) is 47.6 Å². The molecule has 10 heteroatoms. The minimum Gasteiger partial charge on any atom is -0.370 e. The average molecular weight is 521 g/mol. The van der Waals surface area contributed by atoms with Gasteiger partial charge in [-0.25, -0.2) is 9.97 Å². The second-order valence-corrected chi connectivity index (χ2v) is 6.42. The van der Waals surface area contributed by atoms with E-state index in [1.54, 1.807) is 19.3 Å². The number of nitrogens with one attached hydrogen (secondary N) is 1. The zero-order chi connectivity index (χ0) is 20.1. The molecule has 1 aromatic heterocycles. The van der Waals surface area contributed by atoms with Gasteiger partial charge in [-0.1, -0.05) is 12.1 Å². The molecule has 1 saturated heterocycles. The number of aromatic nitrogens is 2. The molecule has 0 saturated carbocycles. The Bertz CT molecular complexity index is 847. The molecule has 6 nitrogen and oxygen atoms in total. The van der Waals surface area contributed by atoms with E-state index in [2.05, 4.69) is 20.3 Å². The number of hydrogen-bond acceptors (Lipinski definition) is 4. The molecule has 2 heterocycles. The van der Waals surface area contributed by atoms with Crippen LogP contribution in [0.4, 0.5) is 13.2 Å². The summed E-state index contributed by atoms with van der Waals surface area (Å²) in [6.45, 7) is 3.69. The van der Waals surface area contributed by atoms with E-state index in [0.29, 0.717) is 43.6 Å². The third kappa shape index (κ3) is 6.26. The molecule has 1 aliphatic rings. The summed E-state index contributed by atoms with van der Waals surface area (Å²) in [5.74, 6) is 1.34. The van der Waals surface area contributed by atoms with Gasteiger partial charge in [0.05, 0.1) is 31.0 Å². The molecule has 1 fully saturated rings. The number of rotatable bonds is 3. The smallest absolute Gasteiger partial charge is 0.370 e. The molecule has 29 heavy (non-hydrogen) atoms. The molecule has 2 aromatic rings. The molecule has 0 aliphatic carbocycles. The Labute approximate surface area is 184 Å². The maximum Gasteiger partial charge on any atom is 0.416 e. The number of aryl methyl sites for hydroxylation is 1. The normalized spacial score (nSPS) is 17.6. The Morgan fingerprint density at radius 3 is 2.83 bits per heavy atom. The molecule has 1 N–H and O–H groups in total. The van der Waals surface area contributed by atoms with Crippen LogP contribution in [0.5, 0.6) is 0 Å². The summed E-state index contributed by atoms with van der Waals surface area (Å²) in [4.78, 5) is 14.7. The molecule has 1 atom stereocenters. The molecule has 1 aliphatic heterocycles. The van der Waals surface area contributed by atoms with Gasteiger partial charge in [0.15, 0.2) is 5.96 Å².